The number of carboxylic acids is 1. The van der Waals surface area contributed by atoms with Crippen molar-refractivity contribution in [2.75, 3.05) is 14.1 Å². The lowest BCUT2D eigenvalue weighted by molar-refractivity contribution is -0.152. The minimum Gasteiger partial charge on any atom is -0.480 e. The molecule has 2 amide bonds. The Morgan fingerprint density at radius 2 is 1.77 bits per heavy atom. The van der Waals surface area contributed by atoms with Crippen LogP contribution < -0.4 is 0 Å². The number of carboxylic acid groups (broad SMARTS) is 1. The molecule has 0 aliphatic heterocycles. The van der Waals surface area contributed by atoms with Gasteiger partial charge < -0.3 is 14.7 Å². The lowest BCUT2D eigenvalue weighted by Crippen LogP contribution is -2.54. The Balaban J connectivity index is 2.24. The molecule has 2 aromatic rings. The van der Waals surface area contributed by atoms with Crippen molar-refractivity contribution < 1.29 is 28.6 Å². The third-order valence-corrected chi connectivity index (χ3v) is 5.12. The Bertz CT molecular complexity index is 1030. The van der Waals surface area contributed by atoms with E-state index in [0.717, 1.165) is 11.1 Å². The number of aromatic nitrogens is 4. The molecule has 0 aromatic carbocycles. The molecule has 0 radical (unpaired) electrons. The van der Waals surface area contributed by atoms with Crippen molar-refractivity contribution >= 4 is 18.0 Å². The summed E-state index contributed by atoms with van der Waals surface area (Å²) in [5.74, 6) is -2.24. The number of carbonyl (C=O) groups excluding carboxylic acids is 2. The fourth-order valence-corrected chi connectivity index (χ4v) is 3.30. The first-order chi connectivity index (χ1) is 16.2. The van der Waals surface area contributed by atoms with Crippen LogP contribution in [0.1, 0.15) is 41.0 Å². The van der Waals surface area contributed by atoms with Crippen molar-refractivity contribution in [3.05, 3.63) is 30.3 Å². The molecule has 0 saturated heterocycles. The van der Waals surface area contributed by atoms with Crippen LogP contribution in [0.2, 0.25) is 0 Å². The Hall–Kier alpha value is -3.57. The number of carbonyl (C=O) groups is 3. The topological polar surface area (TPSA) is 131 Å². The number of nitrogens with zero attached hydrogens (tertiary/aromatic N) is 6. The summed E-state index contributed by atoms with van der Waals surface area (Å²) >= 11 is 0. The van der Waals surface area contributed by atoms with Gasteiger partial charge in [0.2, 0.25) is 5.91 Å². The molecule has 1 N–H and O–H groups in total. The molecule has 0 aliphatic rings. The Morgan fingerprint density at radius 3 is 2.29 bits per heavy atom. The molecule has 0 aliphatic carbocycles. The van der Waals surface area contributed by atoms with E-state index in [9.17, 15) is 23.9 Å². The number of hydrogen-bond donors (Lipinski definition) is 1. The van der Waals surface area contributed by atoms with Crippen molar-refractivity contribution in [3.8, 4) is 11.4 Å². The fraction of sp³-hybridized carbons (Fsp3) is 0.565. The summed E-state index contributed by atoms with van der Waals surface area (Å²) in [6.07, 6.45) is 2.14. The number of halogens is 1. The van der Waals surface area contributed by atoms with E-state index in [1.165, 1.54) is 42.0 Å². The SMILES string of the molecule is CC(C)CC(C(=O)N(C)C(Cn1cc(-c2ccc(F)cn2)nn1)C(=O)O)N(C)C(=O)OC(C)(C)C. The van der Waals surface area contributed by atoms with E-state index in [1.807, 2.05) is 13.8 Å². The van der Waals surface area contributed by atoms with Crippen LogP contribution in [0.3, 0.4) is 0 Å². The number of hydrogen-bond acceptors (Lipinski definition) is 7. The second kappa shape index (κ2) is 11.2. The summed E-state index contributed by atoms with van der Waals surface area (Å²) in [5, 5.41) is 17.7. The average molecular weight is 493 g/mol. The molecule has 0 saturated carbocycles. The predicted molar refractivity (Wildman–Crippen MR) is 125 cm³/mol. The number of aliphatic carboxylic acids is 1. The molecule has 0 bridgehead atoms. The van der Waals surface area contributed by atoms with Gasteiger partial charge in [-0.15, -0.1) is 5.10 Å². The lowest BCUT2D eigenvalue weighted by Gasteiger charge is -2.35. The van der Waals surface area contributed by atoms with Gasteiger partial charge in [0.15, 0.2) is 0 Å². The maximum atomic E-state index is 13.4. The van der Waals surface area contributed by atoms with Gasteiger partial charge in [0.05, 0.1) is 24.6 Å². The molecular formula is C23H33FN6O5. The second-order valence-electron chi connectivity index (χ2n) is 9.73. The van der Waals surface area contributed by atoms with E-state index in [4.69, 9.17) is 4.74 Å². The summed E-state index contributed by atoms with van der Waals surface area (Å²) in [4.78, 5) is 44.3. The fourth-order valence-electron chi connectivity index (χ4n) is 3.30. The van der Waals surface area contributed by atoms with Crippen LogP contribution in [-0.2, 0) is 20.9 Å². The van der Waals surface area contributed by atoms with Gasteiger partial charge in [0, 0.05) is 14.1 Å². The summed E-state index contributed by atoms with van der Waals surface area (Å²) < 4.78 is 19.8. The summed E-state index contributed by atoms with van der Waals surface area (Å²) in [5.41, 5.74) is -0.0633. The van der Waals surface area contributed by atoms with Gasteiger partial charge in [-0.1, -0.05) is 19.1 Å². The van der Waals surface area contributed by atoms with Crippen LogP contribution in [0.25, 0.3) is 11.4 Å². The Morgan fingerprint density at radius 1 is 1.11 bits per heavy atom. The molecule has 2 unspecified atom stereocenters. The number of pyridine rings is 1. The highest BCUT2D eigenvalue weighted by Gasteiger charge is 2.37. The summed E-state index contributed by atoms with van der Waals surface area (Å²) in [7, 11) is 2.83. The number of ether oxygens (including phenoxy) is 1. The van der Waals surface area contributed by atoms with Gasteiger partial charge in [-0.2, -0.15) is 0 Å². The quantitative estimate of drug-likeness (QED) is 0.565. The van der Waals surface area contributed by atoms with E-state index in [0.29, 0.717) is 17.8 Å². The molecule has 2 aromatic heterocycles. The number of likely N-dealkylation sites (N-methyl/N-ethyl adjacent to an activating group) is 2. The van der Waals surface area contributed by atoms with Gasteiger partial charge in [0.25, 0.3) is 0 Å². The third kappa shape index (κ3) is 7.72. The van der Waals surface area contributed by atoms with E-state index < -0.39 is 41.5 Å². The first kappa shape index (κ1) is 27.7. The standard InChI is InChI=1S/C23H33FN6O5/c1-14(2)10-18(29(7)22(34)35-23(3,4)5)20(31)28(6)19(21(32)33)13-30-12-17(26-27-30)16-9-8-15(24)11-25-16/h8-9,11-12,14,18-19H,10,13H2,1-7H3,(H,32,33). The molecule has 2 heterocycles. The van der Waals surface area contributed by atoms with Crippen molar-refractivity contribution in [1.82, 2.24) is 29.8 Å². The molecule has 2 rings (SSSR count). The molecular weight excluding hydrogens is 459 g/mol. The number of rotatable bonds is 9. The molecule has 0 fully saturated rings. The molecule has 11 nitrogen and oxygen atoms in total. The van der Waals surface area contributed by atoms with Crippen molar-refractivity contribution in [2.24, 2.45) is 5.92 Å². The van der Waals surface area contributed by atoms with Crippen LogP contribution in [0.4, 0.5) is 9.18 Å². The molecule has 35 heavy (non-hydrogen) atoms. The summed E-state index contributed by atoms with van der Waals surface area (Å²) in [6, 6.07) is 0.437. The molecule has 2 atom stereocenters. The normalized spacial score (nSPS) is 13.3. The van der Waals surface area contributed by atoms with Gasteiger partial charge in [-0.25, -0.2) is 18.7 Å². The van der Waals surface area contributed by atoms with E-state index in [2.05, 4.69) is 15.3 Å². The van der Waals surface area contributed by atoms with Crippen LogP contribution in [0, 0.1) is 11.7 Å². The van der Waals surface area contributed by atoms with E-state index >= 15 is 0 Å². The molecule has 0 spiro atoms. The zero-order chi connectivity index (χ0) is 26.5. The Labute approximate surface area is 203 Å². The minimum atomic E-state index is -1.29. The molecule has 12 heteroatoms. The summed E-state index contributed by atoms with van der Waals surface area (Å²) in [6.45, 7) is 8.77. The maximum Gasteiger partial charge on any atom is 0.410 e. The van der Waals surface area contributed by atoms with Crippen LogP contribution in [-0.4, -0.2) is 84.6 Å². The van der Waals surface area contributed by atoms with Crippen molar-refractivity contribution in [2.45, 2.75) is 65.3 Å². The van der Waals surface area contributed by atoms with Crippen LogP contribution in [0.5, 0.6) is 0 Å². The largest absolute Gasteiger partial charge is 0.480 e. The maximum absolute atomic E-state index is 13.4. The number of amides is 2. The highest BCUT2D eigenvalue weighted by Crippen LogP contribution is 2.19. The van der Waals surface area contributed by atoms with Crippen LogP contribution >= 0.6 is 0 Å². The van der Waals surface area contributed by atoms with Crippen molar-refractivity contribution in [1.29, 1.82) is 0 Å². The van der Waals surface area contributed by atoms with Crippen LogP contribution in [0.15, 0.2) is 24.5 Å². The molecule has 192 valence electrons. The Kier molecular flexibility index (Phi) is 8.88. The van der Waals surface area contributed by atoms with E-state index in [1.54, 1.807) is 20.8 Å². The van der Waals surface area contributed by atoms with E-state index in [-0.39, 0.29) is 12.5 Å². The zero-order valence-electron chi connectivity index (χ0n) is 21.1. The second-order valence-corrected chi connectivity index (χ2v) is 9.73. The predicted octanol–water partition coefficient (Wildman–Crippen LogP) is 2.67. The average Bonchev–Trinajstić information content (AvgIpc) is 3.22. The minimum absolute atomic E-state index is 0.0478. The van der Waals surface area contributed by atoms with Gasteiger partial charge in [0.1, 0.15) is 29.2 Å². The zero-order valence-corrected chi connectivity index (χ0v) is 21.1. The monoisotopic (exact) mass is 492 g/mol. The van der Waals surface area contributed by atoms with Gasteiger partial charge in [-0.05, 0) is 45.2 Å². The van der Waals surface area contributed by atoms with Gasteiger partial charge in [-0.3, -0.25) is 14.7 Å². The van der Waals surface area contributed by atoms with Gasteiger partial charge >= 0.3 is 12.1 Å². The van der Waals surface area contributed by atoms with Crippen molar-refractivity contribution in [3.63, 3.8) is 0 Å². The smallest absolute Gasteiger partial charge is 0.410 e. The highest BCUT2D eigenvalue weighted by molar-refractivity contribution is 5.89. The third-order valence-electron chi connectivity index (χ3n) is 5.12. The first-order valence-corrected chi connectivity index (χ1v) is 11.2. The first-order valence-electron chi connectivity index (χ1n) is 11.2. The highest BCUT2D eigenvalue weighted by atomic mass is 19.1. The lowest BCUT2D eigenvalue weighted by atomic mass is 10.0.